The lowest BCUT2D eigenvalue weighted by atomic mass is 10.2. The van der Waals surface area contributed by atoms with Gasteiger partial charge in [0.25, 0.3) is 0 Å². The van der Waals surface area contributed by atoms with E-state index in [1.807, 2.05) is 15.8 Å². The minimum atomic E-state index is 0.0579. The van der Waals surface area contributed by atoms with Crippen molar-refractivity contribution in [2.75, 3.05) is 26.8 Å². The van der Waals surface area contributed by atoms with E-state index in [0.717, 1.165) is 25.2 Å². The molecule has 6 nitrogen and oxygen atoms in total. The Kier molecular flexibility index (Phi) is 3.03. The molecule has 1 aliphatic carbocycles. The van der Waals surface area contributed by atoms with Gasteiger partial charge in [-0.2, -0.15) is 0 Å². The van der Waals surface area contributed by atoms with Crippen molar-refractivity contribution in [3.8, 4) is 0 Å². The molecular weight excluding hydrogens is 232 g/mol. The van der Waals surface area contributed by atoms with Crippen molar-refractivity contribution in [2.24, 2.45) is 0 Å². The first-order chi connectivity index (χ1) is 8.78. The molecular formula is C12H18N4O2. The zero-order valence-electron chi connectivity index (χ0n) is 10.6. The van der Waals surface area contributed by atoms with Crippen LogP contribution in [0.15, 0.2) is 6.20 Å². The van der Waals surface area contributed by atoms with Gasteiger partial charge in [0.15, 0.2) is 0 Å². The van der Waals surface area contributed by atoms with Crippen molar-refractivity contribution >= 4 is 5.91 Å². The Morgan fingerprint density at radius 3 is 3.06 bits per heavy atom. The molecule has 3 rings (SSSR count). The van der Waals surface area contributed by atoms with Crippen molar-refractivity contribution in [3.05, 3.63) is 11.9 Å². The number of aromatic nitrogens is 3. The molecule has 1 saturated carbocycles. The van der Waals surface area contributed by atoms with Gasteiger partial charge in [0.2, 0.25) is 5.91 Å². The number of rotatable bonds is 4. The summed E-state index contributed by atoms with van der Waals surface area (Å²) < 4.78 is 6.80. The van der Waals surface area contributed by atoms with Crippen LogP contribution in [0.4, 0.5) is 0 Å². The third-order valence-electron chi connectivity index (χ3n) is 3.68. The van der Waals surface area contributed by atoms with E-state index in [4.69, 9.17) is 4.74 Å². The number of hydrogen-bond donors (Lipinski definition) is 0. The molecule has 1 saturated heterocycles. The fraction of sp³-hybridized carbons (Fsp3) is 0.750. The normalized spacial score (nSPS) is 23.6. The third-order valence-corrected chi connectivity index (χ3v) is 3.68. The van der Waals surface area contributed by atoms with E-state index < -0.39 is 0 Å². The highest BCUT2D eigenvalue weighted by Crippen LogP contribution is 2.39. The van der Waals surface area contributed by atoms with Crippen LogP contribution in [-0.2, 0) is 9.53 Å². The smallest absolute Gasteiger partial charge is 0.248 e. The summed E-state index contributed by atoms with van der Waals surface area (Å²) in [6, 6.07) is 0.269. The van der Waals surface area contributed by atoms with E-state index in [1.165, 1.54) is 12.8 Å². The fourth-order valence-electron chi connectivity index (χ4n) is 2.43. The minimum absolute atomic E-state index is 0.0579. The molecule has 0 aromatic carbocycles. The van der Waals surface area contributed by atoms with Gasteiger partial charge >= 0.3 is 0 Å². The molecule has 0 bridgehead atoms. The van der Waals surface area contributed by atoms with Crippen LogP contribution in [0, 0.1) is 0 Å². The molecule has 2 aliphatic rings. The Balaban J connectivity index is 1.61. The molecule has 1 aromatic heterocycles. The minimum Gasteiger partial charge on any atom is -0.375 e. The molecule has 1 aromatic rings. The van der Waals surface area contributed by atoms with Crippen LogP contribution in [0.2, 0.25) is 0 Å². The number of amides is 1. The fourth-order valence-corrected chi connectivity index (χ4v) is 2.43. The van der Waals surface area contributed by atoms with E-state index in [-0.39, 0.29) is 18.6 Å². The van der Waals surface area contributed by atoms with Gasteiger partial charge < -0.3 is 9.64 Å². The molecule has 18 heavy (non-hydrogen) atoms. The average Bonchev–Trinajstić information content (AvgIpc) is 2.93. The maximum atomic E-state index is 11.7. The quantitative estimate of drug-likeness (QED) is 0.784. The second-order valence-electron chi connectivity index (χ2n) is 5.11. The van der Waals surface area contributed by atoms with Crippen LogP contribution in [-0.4, -0.2) is 52.6 Å². The third kappa shape index (κ3) is 2.25. The Labute approximate surface area is 106 Å². The van der Waals surface area contributed by atoms with Gasteiger partial charge in [-0.05, 0) is 19.3 Å². The monoisotopic (exact) mass is 250 g/mol. The highest BCUT2D eigenvalue weighted by atomic mass is 16.5. The average molecular weight is 250 g/mol. The molecule has 1 aliphatic heterocycles. The van der Waals surface area contributed by atoms with E-state index in [1.54, 1.807) is 7.11 Å². The summed E-state index contributed by atoms with van der Waals surface area (Å²) in [4.78, 5) is 13.5. The lowest BCUT2D eigenvalue weighted by Gasteiger charge is -2.15. The lowest BCUT2D eigenvalue weighted by Crippen LogP contribution is -2.32. The summed E-state index contributed by atoms with van der Waals surface area (Å²) >= 11 is 0. The number of ether oxygens (including phenoxy) is 1. The zero-order valence-corrected chi connectivity index (χ0v) is 10.6. The maximum Gasteiger partial charge on any atom is 0.248 e. The lowest BCUT2D eigenvalue weighted by molar-refractivity contribution is -0.134. The van der Waals surface area contributed by atoms with Crippen LogP contribution in [0.25, 0.3) is 0 Å². The molecule has 2 heterocycles. The second kappa shape index (κ2) is 4.68. The van der Waals surface area contributed by atoms with Crippen LogP contribution >= 0.6 is 0 Å². The first-order valence-electron chi connectivity index (χ1n) is 6.46. The van der Waals surface area contributed by atoms with Gasteiger partial charge in [0.1, 0.15) is 6.61 Å². The number of nitrogens with zero attached hydrogens (tertiary/aromatic N) is 4. The maximum absolute atomic E-state index is 11.7. The topological polar surface area (TPSA) is 60.2 Å². The summed E-state index contributed by atoms with van der Waals surface area (Å²) in [5.41, 5.74) is 1.11. The molecule has 2 fully saturated rings. The zero-order chi connectivity index (χ0) is 12.5. The summed E-state index contributed by atoms with van der Waals surface area (Å²) in [6.45, 7) is 1.67. The number of likely N-dealkylation sites (tertiary alicyclic amines) is 1. The first kappa shape index (κ1) is 11.6. The summed E-state index contributed by atoms with van der Waals surface area (Å²) in [7, 11) is 1.55. The van der Waals surface area contributed by atoms with Crippen molar-refractivity contribution in [3.63, 3.8) is 0 Å². The Hall–Kier alpha value is -1.43. The van der Waals surface area contributed by atoms with Crippen LogP contribution in [0.5, 0.6) is 0 Å². The Morgan fingerprint density at radius 2 is 2.33 bits per heavy atom. The number of methoxy groups -OCH3 is 1. The van der Waals surface area contributed by atoms with E-state index >= 15 is 0 Å². The van der Waals surface area contributed by atoms with Gasteiger partial charge in [-0.1, -0.05) is 5.21 Å². The second-order valence-corrected chi connectivity index (χ2v) is 5.11. The SMILES string of the molecule is COCC(=O)N1CCC(n2cc(C3CC3)nn2)C1. The largest absolute Gasteiger partial charge is 0.375 e. The molecule has 0 spiro atoms. The van der Waals surface area contributed by atoms with Gasteiger partial charge in [-0.25, -0.2) is 4.68 Å². The van der Waals surface area contributed by atoms with E-state index in [2.05, 4.69) is 10.3 Å². The predicted octanol–water partition coefficient (Wildman–Crippen LogP) is 0.575. The van der Waals surface area contributed by atoms with Gasteiger partial charge in [0, 0.05) is 32.3 Å². The standard InChI is InChI=1S/C12H18N4O2/c1-18-8-12(17)15-5-4-10(6-15)16-7-11(13-14-16)9-2-3-9/h7,9-10H,2-6,8H2,1H3. The van der Waals surface area contributed by atoms with E-state index in [0.29, 0.717) is 5.92 Å². The highest BCUT2D eigenvalue weighted by Gasteiger charge is 2.30. The van der Waals surface area contributed by atoms with Crippen molar-refractivity contribution in [1.82, 2.24) is 19.9 Å². The molecule has 1 amide bonds. The molecule has 0 N–H and O–H groups in total. The molecule has 98 valence electrons. The summed E-state index contributed by atoms with van der Waals surface area (Å²) in [6.07, 6.45) is 5.47. The summed E-state index contributed by atoms with van der Waals surface area (Å²) in [5, 5.41) is 8.41. The Bertz CT molecular complexity index is 441. The van der Waals surface area contributed by atoms with Gasteiger partial charge in [0.05, 0.1) is 11.7 Å². The van der Waals surface area contributed by atoms with Crippen molar-refractivity contribution in [2.45, 2.75) is 31.2 Å². The van der Waals surface area contributed by atoms with Gasteiger partial charge in [-0.3, -0.25) is 4.79 Å². The highest BCUT2D eigenvalue weighted by molar-refractivity contribution is 5.77. The van der Waals surface area contributed by atoms with Crippen molar-refractivity contribution in [1.29, 1.82) is 0 Å². The molecule has 6 heteroatoms. The predicted molar refractivity (Wildman–Crippen MR) is 64.1 cm³/mol. The van der Waals surface area contributed by atoms with E-state index in [9.17, 15) is 4.79 Å². The van der Waals surface area contributed by atoms with Crippen LogP contribution in [0.1, 0.15) is 36.9 Å². The van der Waals surface area contributed by atoms with Crippen molar-refractivity contribution < 1.29 is 9.53 Å². The molecule has 1 atom stereocenters. The first-order valence-corrected chi connectivity index (χ1v) is 6.46. The van der Waals surface area contributed by atoms with Crippen LogP contribution < -0.4 is 0 Å². The Morgan fingerprint density at radius 1 is 1.50 bits per heavy atom. The van der Waals surface area contributed by atoms with Crippen LogP contribution in [0.3, 0.4) is 0 Å². The molecule has 1 unspecified atom stereocenters. The number of carbonyl (C=O) groups excluding carboxylic acids is 1. The summed E-state index contributed by atoms with van der Waals surface area (Å²) in [5.74, 6) is 0.689. The van der Waals surface area contributed by atoms with Gasteiger partial charge in [-0.15, -0.1) is 5.10 Å². The number of carbonyl (C=O) groups is 1. The molecule has 0 radical (unpaired) electrons. The number of hydrogen-bond acceptors (Lipinski definition) is 4.